The Labute approximate surface area is 152 Å². The maximum Gasteiger partial charge on any atom is 0.260 e. The van der Waals surface area contributed by atoms with Crippen LogP contribution in [0.5, 0.6) is 11.5 Å². The number of thioether (sulfide) groups is 1. The van der Waals surface area contributed by atoms with Crippen molar-refractivity contribution in [3.8, 4) is 11.5 Å². The summed E-state index contributed by atoms with van der Waals surface area (Å²) in [6.07, 6.45) is 0.856. The molecule has 0 saturated carbocycles. The Kier molecular flexibility index (Phi) is 4.62. The Hall–Kier alpha value is -1.89. The van der Waals surface area contributed by atoms with E-state index in [0.29, 0.717) is 23.6 Å². The van der Waals surface area contributed by atoms with Crippen molar-refractivity contribution in [1.29, 1.82) is 0 Å². The molecule has 136 valence electrons. The highest BCUT2D eigenvalue weighted by molar-refractivity contribution is 8.01. The number of ether oxygens (including phenoxy) is 2. The highest BCUT2D eigenvalue weighted by Gasteiger charge is 2.58. The van der Waals surface area contributed by atoms with Crippen molar-refractivity contribution in [1.82, 2.24) is 10.2 Å². The summed E-state index contributed by atoms with van der Waals surface area (Å²) in [5, 5.41) is 2.75. The first kappa shape index (κ1) is 17.9. The molecule has 2 aliphatic rings. The summed E-state index contributed by atoms with van der Waals surface area (Å²) in [7, 11) is 3.07. The molecular formula is C18H24N2O4S. The number of rotatable bonds is 5. The van der Waals surface area contributed by atoms with Gasteiger partial charge in [0, 0.05) is 16.9 Å². The minimum Gasteiger partial charge on any atom is -0.493 e. The van der Waals surface area contributed by atoms with E-state index in [1.165, 1.54) is 7.11 Å². The van der Waals surface area contributed by atoms with Crippen molar-refractivity contribution in [2.45, 2.75) is 43.4 Å². The van der Waals surface area contributed by atoms with Crippen molar-refractivity contribution >= 4 is 23.6 Å². The first-order valence-corrected chi connectivity index (χ1v) is 9.28. The summed E-state index contributed by atoms with van der Waals surface area (Å²) >= 11 is 1.64. The third kappa shape index (κ3) is 2.65. The Morgan fingerprint density at radius 1 is 1.32 bits per heavy atom. The lowest BCUT2D eigenvalue weighted by molar-refractivity contribution is -0.126. The third-order valence-corrected chi connectivity index (χ3v) is 6.23. The highest BCUT2D eigenvalue weighted by Crippen LogP contribution is 2.58. The molecule has 6 nitrogen and oxygen atoms in total. The molecule has 0 aliphatic carbocycles. The number of nitrogens with zero attached hydrogens (tertiary/aromatic N) is 1. The Morgan fingerprint density at radius 2 is 2.04 bits per heavy atom. The van der Waals surface area contributed by atoms with Crippen molar-refractivity contribution in [2.24, 2.45) is 0 Å². The summed E-state index contributed by atoms with van der Waals surface area (Å²) in [6, 6.07) is 3.19. The molecule has 0 bridgehead atoms. The zero-order valence-corrected chi connectivity index (χ0v) is 16.0. The van der Waals surface area contributed by atoms with Crippen molar-refractivity contribution in [3.05, 3.63) is 23.3 Å². The van der Waals surface area contributed by atoms with E-state index >= 15 is 0 Å². The van der Waals surface area contributed by atoms with Crippen LogP contribution >= 0.6 is 11.8 Å². The lowest BCUT2D eigenvalue weighted by atomic mass is 10.0. The summed E-state index contributed by atoms with van der Waals surface area (Å²) in [6.45, 7) is 6.64. The second-order valence-corrected chi connectivity index (χ2v) is 8.48. The average molecular weight is 364 g/mol. The second kappa shape index (κ2) is 6.44. The fourth-order valence-electron chi connectivity index (χ4n) is 3.60. The lowest BCUT2D eigenvalue weighted by Crippen LogP contribution is -2.52. The molecule has 1 N–H and O–H groups in total. The molecule has 2 heterocycles. The van der Waals surface area contributed by atoms with Crippen molar-refractivity contribution in [3.63, 3.8) is 0 Å². The van der Waals surface area contributed by atoms with Gasteiger partial charge in [0.15, 0.2) is 11.5 Å². The van der Waals surface area contributed by atoms with Crippen LogP contribution in [-0.4, -0.2) is 48.3 Å². The zero-order chi connectivity index (χ0) is 18.4. The van der Waals surface area contributed by atoms with Gasteiger partial charge in [-0.05, 0) is 26.3 Å². The first-order chi connectivity index (χ1) is 11.9. The van der Waals surface area contributed by atoms with Gasteiger partial charge in [-0.2, -0.15) is 0 Å². The van der Waals surface area contributed by atoms with Crippen LogP contribution in [0.4, 0.5) is 0 Å². The minimum atomic E-state index is -0.523. The Balaban J connectivity index is 2.05. The van der Waals surface area contributed by atoms with E-state index in [1.807, 2.05) is 32.9 Å². The van der Waals surface area contributed by atoms with E-state index in [4.69, 9.17) is 9.47 Å². The summed E-state index contributed by atoms with van der Waals surface area (Å²) in [4.78, 5) is 27.7. The van der Waals surface area contributed by atoms with E-state index in [9.17, 15) is 9.59 Å². The highest BCUT2D eigenvalue weighted by atomic mass is 32.2. The number of methoxy groups -OCH3 is 2. The first-order valence-electron chi connectivity index (χ1n) is 8.40. The van der Waals surface area contributed by atoms with E-state index in [1.54, 1.807) is 23.8 Å². The summed E-state index contributed by atoms with van der Waals surface area (Å²) in [5.41, 5.74) is 1.38. The maximum absolute atomic E-state index is 13.2. The lowest BCUT2D eigenvalue weighted by Gasteiger charge is -2.29. The molecule has 1 fully saturated rings. The molecule has 3 rings (SSSR count). The number of carbonyl (C=O) groups excluding carboxylic acids is 2. The van der Waals surface area contributed by atoms with Crippen LogP contribution in [0.25, 0.3) is 0 Å². The standard InChI is InChI=1S/C18H24N2O4S/c1-6-9-19-15(21)14-18(2,3)25-17-10-7-8-11(23-4)13(24-5)12(10)16(22)20(14)17/h7-8,14,17H,6,9H2,1-5H3,(H,19,21)/t14-,17-/m1/s1. The van der Waals surface area contributed by atoms with E-state index in [0.717, 1.165) is 12.0 Å². The second-order valence-electron chi connectivity index (χ2n) is 6.74. The summed E-state index contributed by atoms with van der Waals surface area (Å²) < 4.78 is 10.4. The van der Waals surface area contributed by atoms with E-state index in [-0.39, 0.29) is 21.9 Å². The van der Waals surface area contributed by atoms with Crippen LogP contribution in [0.1, 0.15) is 48.5 Å². The normalized spacial score (nSPS) is 23.2. The molecule has 1 aromatic rings. The topological polar surface area (TPSA) is 67.9 Å². The largest absolute Gasteiger partial charge is 0.493 e. The van der Waals surface area contributed by atoms with Gasteiger partial charge in [-0.15, -0.1) is 11.8 Å². The third-order valence-electron chi connectivity index (χ3n) is 4.69. The molecule has 7 heteroatoms. The number of fused-ring (bicyclic) bond motifs is 3. The molecule has 0 radical (unpaired) electrons. The smallest absolute Gasteiger partial charge is 0.260 e. The Bertz CT molecular complexity index is 719. The molecule has 0 aromatic heterocycles. The molecule has 1 aromatic carbocycles. The van der Waals surface area contributed by atoms with Crippen LogP contribution in [0, 0.1) is 0 Å². The van der Waals surface area contributed by atoms with Gasteiger partial charge in [0.25, 0.3) is 5.91 Å². The molecule has 2 amide bonds. The van der Waals surface area contributed by atoms with Crippen molar-refractivity contribution in [2.75, 3.05) is 20.8 Å². The number of amides is 2. The van der Waals surface area contributed by atoms with Crippen LogP contribution in [0.3, 0.4) is 0 Å². The predicted molar refractivity (Wildman–Crippen MR) is 97.2 cm³/mol. The number of hydrogen-bond donors (Lipinski definition) is 1. The number of benzene rings is 1. The van der Waals surface area contributed by atoms with Gasteiger partial charge in [0.05, 0.1) is 19.8 Å². The fourth-order valence-corrected chi connectivity index (χ4v) is 5.18. The van der Waals surface area contributed by atoms with Gasteiger partial charge in [0.2, 0.25) is 5.91 Å². The summed E-state index contributed by atoms with van der Waals surface area (Å²) in [5.74, 6) is 0.678. The van der Waals surface area contributed by atoms with Gasteiger partial charge in [-0.1, -0.05) is 13.0 Å². The fraction of sp³-hybridized carbons (Fsp3) is 0.556. The predicted octanol–water partition coefficient (Wildman–Crippen LogP) is 2.58. The zero-order valence-electron chi connectivity index (χ0n) is 15.2. The number of hydrogen-bond acceptors (Lipinski definition) is 5. The molecular weight excluding hydrogens is 340 g/mol. The molecule has 25 heavy (non-hydrogen) atoms. The molecule has 2 atom stereocenters. The monoisotopic (exact) mass is 364 g/mol. The number of nitrogens with one attached hydrogen (secondary N) is 1. The van der Waals surface area contributed by atoms with Crippen LogP contribution in [0.2, 0.25) is 0 Å². The van der Waals surface area contributed by atoms with Gasteiger partial charge >= 0.3 is 0 Å². The van der Waals surface area contributed by atoms with E-state index in [2.05, 4.69) is 5.32 Å². The molecule has 0 unspecified atom stereocenters. The van der Waals surface area contributed by atoms with Crippen molar-refractivity contribution < 1.29 is 19.1 Å². The number of carbonyl (C=O) groups is 2. The maximum atomic E-state index is 13.2. The van der Waals surface area contributed by atoms with Gasteiger partial charge in [0.1, 0.15) is 11.4 Å². The SMILES string of the molecule is CCCNC(=O)[C@H]1N2C(=O)c3c(ccc(OC)c3OC)[C@H]2SC1(C)C. The van der Waals surface area contributed by atoms with E-state index < -0.39 is 6.04 Å². The minimum absolute atomic E-state index is 0.103. The van der Waals surface area contributed by atoms with Gasteiger partial charge in [-0.3, -0.25) is 9.59 Å². The Morgan fingerprint density at radius 3 is 2.64 bits per heavy atom. The quantitative estimate of drug-likeness (QED) is 0.870. The van der Waals surface area contributed by atoms with Crippen LogP contribution < -0.4 is 14.8 Å². The van der Waals surface area contributed by atoms with Gasteiger partial charge in [-0.25, -0.2) is 0 Å². The van der Waals surface area contributed by atoms with Gasteiger partial charge < -0.3 is 19.7 Å². The molecule has 1 saturated heterocycles. The molecule has 0 spiro atoms. The van der Waals surface area contributed by atoms with Crippen LogP contribution in [0.15, 0.2) is 12.1 Å². The van der Waals surface area contributed by atoms with Crippen LogP contribution in [-0.2, 0) is 4.79 Å². The molecule has 2 aliphatic heterocycles. The average Bonchev–Trinajstić information content (AvgIpc) is 3.01.